The summed E-state index contributed by atoms with van der Waals surface area (Å²) in [5, 5.41) is 9.65. The predicted octanol–water partition coefficient (Wildman–Crippen LogP) is 2.41. The molecule has 0 saturated heterocycles. The molecule has 1 N–H and O–H groups in total. The summed E-state index contributed by atoms with van der Waals surface area (Å²) in [6, 6.07) is 0. The first-order valence-corrected chi connectivity index (χ1v) is 5.78. The van der Waals surface area contributed by atoms with Gasteiger partial charge in [0.2, 0.25) is 0 Å². The smallest absolute Gasteiger partial charge is 0.140 e. The number of aromatic nitrogens is 2. The maximum atomic E-state index is 9.37. The average molecular weight is 256 g/mol. The van der Waals surface area contributed by atoms with Crippen LogP contribution >= 0.6 is 11.6 Å². The normalized spacial score (nSPS) is 11.4. The van der Waals surface area contributed by atoms with E-state index in [-0.39, 0.29) is 17.3 Å². The lowest BCUT2D eigenvalue weighted by molar-refractivity contribution is 0.280. The van der Waals surface area contributed by atoms with Crippen molar-refractivity contribution in [3.8, 4) is 0 Å². The van der Waals surface area contributed by atoms with Crippen molar-refractivity contribution in [1.82, 2.24) is 9.97 Å². The summed E-state index contributed by atoms with van der Waals surface area (Å²) in [5.41, 5.74) is 0.404. The third-order valence-corrected chi connectivity index (χ3v) is 2.73. The molecule has 0 unspecified atom stereocenters. The van der Waals surface area contributed by atoms with Gasteiger partial charge in [-0.2, -0.15) is 0 Å². The molecule has 1 aromatic heterocycles. The van der Waals surface area contributed by atoms with E-state index in [0.717, 1.165) is 0 Å². The van der Waals surface area contributed by atoms with Crippen molar-refractivity contribution in [2.24, 2.45) is 0 Å². The van der Waals surface area contributed by atoms with Crippen LogP contribution in [-0.2, 0) is 6.61 Å². The first-order valence-electron chi connectivity index (χ1n) is 5.40. The molecule has 0 spiro atoms. The molecule has 0 amide bonds. The minimum Gasteiger partial charge on any atom is -0.391 e. The van der Waals surface area contributed by atoms with Crippen molar-refractivity contribution >= 4 is 17.4 Å². The van der Waals surface area contributed by atoms with Crippen LogP contribution in [0.25, 0.3) is 0 Å². The average Bonchev–Trinajstić information content (AvgIpc) is 2.24. The van der Waals surface area contributed by atoms with E-state index in [0.29, 0.717) is 17.9 Å². The van der Waals surface area contributed by atoms with Gasteiger partial charge in [-0.05, 0) is 20.8 Å². The van der Waals surface area contributed by atoms with E-state index in [2.05, 4.69) is 37.3 Å². The van der Waals surface area contributed by atoms with Gasteiger partial charge >= 0.3 is 0 Å². The highest BCUT2D eigenvalue weighted by molar-refractivity contribution is 6.30. The molecule has 0 fully saturated rings. The van der Waals surface area contributed by atoms with E-state index in [9.17, 15) is 5.11 Å². The zero-order chi connectivity index (χ0) is 13.1. The number of aliphatic hydroxyl groups is 1. The van der Waals surface area contributed by atoms with Crippen molar-refractivity contribution in [2.75, 3.05) is 11.4 Å². The molecule has 1 heterocycles. The molecule has 0 saturated carbocycles. The number of anilines is 1. The van der Waals surface area contributed by atoms with Crippen LogP contribution < -0.4 is 4.90 Å². The Bertz CT molecular complexity index is 401. The number of hydrogen-bond acceptors (Lipinski definition) is 4. The lowest BCUT2D eigenvalue weighted by atomic mass is 10.1. The summed E-state index contributed by atoms with van der Waals surface area (Å²) >= 11 is 5.96. The molecular formula is C12H18ClN3O. The fraction of sp³-hybridized carbons (Fsp3) is 0.500. The largest absolute Gasteiger partial charge is 0.391 e. The monoisotopic (exact) mass is 255 g/mol. The second-order valence-electron chi connectivity index (χ2n) is 4.69. The lowest BCUT2D eigenvalue weighted by Gasteiger charge is -2.36. The Morgan fingerprint density at radius 1 is 1.47 bits per heavy atom. The van der Waals surface area contributed by atoms with Crippen LogP contribution in [0.4, 0.5) is 5.82 Å². The molecule has 5 heteroatoms. The highest BCUT2D eigenvalue weighted by Crippen LogP contribution is 2.28. The minimum absolute atomic E-state index is 0.143. The summed E-state index contributed by atoms with van der Waals surface area (Å²) in [4.78, 5) is 10.1. The van der Waals surface area contributed by atoms with Gasteiger partial charge in [-0.1, -0.05) is 17.7 Å². The molecular weight excluding hydrogens is 238 g/mol. The number of rotatable bonds is 4. The highest BCUT2D eigenvalue weighted by atomic mass is 35.5. The van der Waals surface area contributed by atoms with E-state index in [1.807, 2.05) is 4.90 Å². The van der Waals surface area contributed by atoms with Gasteiger partial charge in [-0.3, -0.25) is 0 Å². The molecule has 17 heavy (non-hydrogen) atoms. The molecule has 4 nitrogen and oxygen atoms in total. The van der Waals surface area contributed by atoms with Gasteiger partial charge in [0.15, 0.2) is 0 Å². The molecule has 1 aromatic rings. The van der Waals surface area contributed by atoms with Crippen molar-refractivity contribution in [3.05, 3.63) is 29.7 Å². The molecule has 0 aliphatic rings. The Hall–Kier alpha value is -1.13. The zero-order valence-electron chi connectivity index (χ0n) is 10.4. The number of nitrogens with zero attached hydrogens (tertiary/aromatic N) is 3. The highest BCUT2D eigenvalue weighted by Gasteiger charge is 2.25. The predicted molar refractivity (Wildman–Crippen MR) is 70.3 cm³/mol. The molecule has 0 radical (unpaired) electrons. The van der Waals surface area contributed by atoms with Gasteiger partial charge in [-0.25, -0.2) is 9.97 Å². The van der Waals surface area contributed by atoms with Crippen LogP contribution in [0, 0.1) is 0 Å². The van der Waals surface area contributed by atoms with Gasteiger partial charge in [0, 0.05) is 12.1 Å². The first-order chi connectivity index (χ1) is 7.91. The summed E-state index contributed by atoms with van der Waals surface area (Å²) in [6.45, 7) is 10.4. The fourth-order valence-corrected chi connectivity index (χ4v) is 1.75. The van der Waals surface area contributed by atoms with E-state index >= 15 is 0 Å². The van der Waals surface area contributed by atoms with Crippen LogP contribution in [0.3, 0.4) is 0 Å². The molecule has 0 aliphatic heterocycles. The number of hydrogen-bond donors (Lipinski definition) is 1. The maximum absolute atomic E-state index is 9.37. The molecule has 94 valence electrons. The van der Waals surface area contributed by atoms with Gasteiger partial charge < -0.3 is 10.0 Å². The SMILES string of the molecule is C=CCN(c1ncnc(Cl)c1CO)C(C)(C)C. The van der Waals surface area contributed by atoms with Gasteiger partial charge in [-0.15, -0.1) is 6.58 Å². The van der Waals surface area contributed by atoms with Crippen molar-refractivity contribution < 1.29 is 5.11 Å². The van der Waals surface area contributed by atoms with Crippen molar-refractivity contribution in [1.29, 1.82) is 0 Å². The lowest BCUT2D eigenvalue weighted by Crippen LogP contribution is -2.42. The summed E-state index contributed by atoms with van der Waals surface area (Å²) in [5.74, 6) is 0.653. The fourth-order valence-electron chi connectivity index (χ4n) is 1.56. The van der Waals surface area contributed by atoms with E-state index in [1.54, 1.807) is 6.08 Å². The molecule has 0 atom stereocenters. The zero-order valence-corrected chi connectivity index (χ0v) is 11.2. The second-order valence-corrected chi connectivity index (χ2v) is 5.05. The van der Waals surface area contributed by atoms with E-state index < -0.39 is 0 Å². The van der Waals surface area contributed by atoms with Crippen LogP contribution in [0.2, 0.25) is 5.15 Å². The van der Waals surface area contributed by atoms with Crippen LogP contribution in [0.15, 0.2) is 19.0 Å². The molecule has 1 rings (SSSR count). The Morgan fingerprint density at radius 3 is 2.59 bits per heavy atom. The minimum atomic E-state index is -0.182. The van der Waals surface area contributed by atoms with Crippen LogP contribution in [-0.4, -0.2) is 27.2 Å². The standard InChI is InChI=1S/C12H18ClN3O/c1-5-6-16(12(2,3)4)11-9(7-17)10(13)14-8-15-11/h5,8,17H,1,6-7H2,2-4H3. The van der Waals surface area contributed by atoms with E-state index in [4.69, 9.17) is 11.6 Å². The van der Waals surface area contributed by atoms with Gasteiger partial charge in [0.05, 0.1) is 12.2 Å². The molecule has 0 bridgehead atoms. The molecule has 0 aliphatic carbocycles. The van der Waals surface area contributed by atoms with Crippen LogP contribution in [0.5, 0.6) is 0 Å². The van der Waals surface area contributed by atoms with Crippen molar-refractivity contribution in [3.63, 3.8) is 0 Å². The summed E-state index contributed by atoms with van der Waals surface area (Å²) < 4.78 is 0. The summed E-state index contributed by atoms with van der Waals surface area (Å²) in [6.07, 6.45) is 3.20. The second kappa shape index (κ2) is 5.47. The molecule has 0 aromatic carbocycles. The van der Waals surface area contributed by atoms with E-state index in [1.165, 1.54) is 6.33 Å². The quantitative estimate of drug-likeness (QED) is 0.663. The van der Waals surface area contributed by atoms with Crippen molar-refractivity contribution in [2.45, 2.75) is 32.9 Å². The van der Waals surface area contributed by atoms with Crippen LogP contribution in [0.1, 0.15) is 26.3 Å². The van der Waals surface area contributed by atoms with Gasteiger partial charge in [0.25, 0.3) is 0 Å². The Morgan fingerprint density at radius 2 is 2.12 bits per heavy atom. The summed E-state index contributed by atoms with van der Waals surface area (Å²) in [7, 11) is 0. The van der Waals surface area contributed by atoms with Gasteiger partial charge in [0.1, 0.15) is 17.3 Å². The topological polar surface area (TPSA) is 49.2 Å². The number of halogens is 1. The first kappa shape index (κ1) is 13.9. The Kier molecular flexibility index (Phi) is 4.48. The maximum Gasteiger partial charge on any atom is 0.140 e. The Labute approximate surface area is 107 Å². The third kappa shape index (κ3) is 3.17. The third-order valence-electron chi connectivity index (χ3n) is 2.41. The number of aliphatic hydroxyl groups excluding tert-OH is 1. The Balaban J connectivity index is 3.27.